The zero-order valence-corrected chi connectivity index (χ0v) is 13.7. The Labute approximate surface area is 142 Å². The number of nitrogens with one attached hydrogen (secondary N) is 1. The third-order valence-corrected chi connectivity index (χ3v) is 3.49. The van der Waals surface area contributed by atoms with Crippen LogP contribution in [0.3, 0.4) is 0 Å². The number of methoxy groups -OCH3 is 1. The van der Waals surface area contributed by atoms with E-state index >= 15 is 0 Å². The van der Waals surface area contributed by atoms with Crippen molar-refractivity contribution in [3.63, 3.8) is 0 Å². The predicted molar refractivity (Wildman–Crippen MR) is 94.7 cm³/mol. The highest BCUT2D eigenvalue weighted by Crippen LogP contribution is 2.26. The number of allylic oxidation sites excluding steroid dienone is 4. The van der Waals surface area contributed by atoms with Crippen molar-refractivity contribution in [1.29, 1.82) is 0 Å². The van der Waals surface area contributed by atoms with E-state index in [-0.39, 0.29) is 0 Å². The standard InChI is InChI=1S/C19H22N2O3/c1-14-8-4-3-7-11-21-13-15(14)12-16(20)19(22)24-18-10-6-5-9-17(18)23-2/h3-10,13,16,21H,1,11-12,20H2,2H3/b7-3-,8-4-,15-13-. The van der Waals surface area contributed by atoms with Gasteiger partial charge in [0.1, 0.15) is 6.04 Å². The van der Waals surface area contributed by atoms with Crippen molar-refractivity contribution in [3.8, 4) is 11.5 Å². The second-order valence-electron chi connectivity index (χ2n) is 5.27. The number of rotatable bonds is 5. The molecule has 0 aliphatic carbocycles. The number of hydrogen-bond donors (Lipinski definition) is 2. The number of para-hydroxylation sites is 2. The highest BCUT2D eigenvalue weighted by atomic mass is 16.6. The summed E-state index contributed by atoms with van der Waals surface area (Å²) in [5.41, 5.74) is 7.68. The Morgan fingerprint density at radius 3 is 2.83 bits per heavy atom. The summed E-state index contributed by atoms with van der Waals surface area (Å²) in [4.78, 5) is 12.3. The quantitative estimate of drug-likeness (QED) is 0.642. The van der Waals surface area contributed by atoms with Gasteiger partial charge in [0.2, 0.25) is 0 Å². The molecule has 0 saturated heterocycles. The lowest BCUT2D eigenvalue weighted by Crippen LogP contribution is -2.35. The zero-order chi connectivity index (χ0) is 17.4. The predicted octanol–water partition coefficient (Wildman–Crippen LogP) is 2.47. The van der Waals surface area contributed by atoms with E-state index in [0.717, 1.165) is 11.1 Å². The van der Waals surface area contributed by atoms with Gasteiger partial charge >= 0.3 is 5.97 Å². The first kappa shape index (κ1) is 17.6. The van der Waals surface area contributed by atoms with Gasteiger partial charge in [0, 0.05) is 19.2 Å². The smallest absolute Gasteiger partial charge is 0.328 e. The van der Waals surface area contributed by atoms with Crippen LogP contribution < -0.4 is 20.5 Å². The van der Waals surface area contributed by atoms with Crippen molar-refractivity contribution >= 4 is 5.97 Å². The Kier molecular flexibility index (Phi) is 6.40. The van der Waals surface area contributed by atoms with Crippen LogP contribution in [0.1, 0.15) is 6.42 Å². The van der Waals surface area contributed by atoms with Crippen molar-refractivity contribution in [2.45, 2.75) is 12.5 Å². The number of hydrogen-bond acceptors (Lipinski definition) is 5. The third kappa shape index (κ3) is 4.86. The van der Waals surface area contributed by atoms with Crippen LogP contribution in [-0.2, 0) is 4.79 Å². The maximum absolute atomic E-state index is 12.3. The second-order valence-corrected chi connectivity index (χ2v) is 5.27. The van der Waals surface area contributed by atoms with Gasteiger partial charge in [0.05, 0.1) is 7.11 Å². The van der Waals surface area contributed by atoms with Crippen molar-refractivity contribution in [3.05, 3.63) is 72.5 Å². The normalized spacial score (nSPS) is 20.2. The monoisotopic (exact) mass is 326 g/mol. The van der Waals surface area contributed by atoms with E-state index in [2.05, 4.69) is 11.9 Å². The zero-order valence-electron chi connectivity index (χ0n) is 13.7. The van der Waals surface area contributed by atoms with Crippen LogP contribution in [0.25, 0.3) is 0 Å². The molecule has 0 spiro atoms. The van der Waals surface area contributed by atoms with E-state index in [1.165, 1.54) is 7.11 Å². The minimum atomic E-state index is -0.804. The van der Waals surface area contributed by atoms with E-state index in [1.54, 1.807) is 24.3 Å². The molecule has 1 heterocycles. The van der Waals surface area contributed by atoms with Crippen LogP contribution in [0.2, 0.25) is 0 Å². The number of benzene rings is 1. The van der Waals surface area contributed by atoms with E-state index in [0.29, 0.717) is 24.5 Å². The molecule has 1 aromatic carbocycles. The minimum absolute atomic E-state index is 0.324. The van der Waals surface area contributed by atoms with Crippen molar-refractivity contribution in [2.24, 2.45) is 5.73 Å². The fourth-order valence-electron chi connectivity index (χ4n) is 2.17. The van der Waals surface area contributed by atoms with E-state index in [9.17, 15) is 4.79 Å². The summed E-state index contributed by atoms with van der Waals surface area (Å²) >= 11 is 0. The topological polar surface area (TPSA) is 73.6 Å². The molecule has 5 nitrogen and oxygen atoms in total. The molecule has 5 heteroatoms. The van der Waals surface area contributed by atoms with Gasteiger partial charge in [-0.1, -0.05) is 43.0 Å². The first-order chi connectivity index (χ1) is 11.6. The Bertz CT molecular complexity index is 690. The Hall–Kier alpha value is -2.79. The third-order valence-electron chi connectivity index (χ3n) is 3.49. The molecule has 1 atom stereocenters. The maximum Gasteiger partial charge on any atom is 0.328 e. The molecule has 0 radical (unpaired) electrons. The van der Waals surface area contributed by atoms with Crippen molar-refractivity contribution in [1.82, 2.24) is 5.32 Å². The van der Waals surface area contributed by atoms with Gasteiger partial charge < -0.3 is 20.5 Å². The van der Waals surface area contributed by atoms with Crippen molar-refractivity contribution in [2.75, 3.05) is 13.7 Å². The summed E-state index contributed by atoms with van der Waals surface area (Å²) in [6.07, 6.45) is 9.86. The first-order valence-electron chi connectivity index (χ1n) is 7.67. The lowest BCUT2D eigenvalue weighted by Gasteiger charge is -2.15. The van der Waals surface area contributed by atoms with Gasteiger partial charge in [-0.05, 0) is 23.3 Å². The van der Waals surface area contributed by atoms with Crippen LogP contribution in [0.15, 0.2) is 72.5 Å². The van der Waals surface area contributed by atoms with Gasteiger partial charge in [-0.2, -0.15) is 0 Å². The van der Waals surface area contributed by atoms with Gasteiger partial charge in [-0.15, -0.1) is 0 Å². The van der Waals surface area contributed by atoms with Crippen LogP contribution >= 0.6 is 0 Å². The van der Waals surface area contributed by atoms with E-state index in [4.69, 9.17) is 15.2 Å². The number of esters is 1. The second kappa shape index (κ2) is 8.74. The molecule has 0 bridgehead atoms. The van der Waals surface area contributed by atoms with Crippen LogP contribution in [0, 0.1) is 0 Å². The summed E-state index contributed by atoms with van der Waals surface area (Å²) < 4.78 is 10.5. The molecule has 1 aliphatic heterocycles. The average molecular weight is 326 g/mol. The molecular formula is C19H22N2O3. The minimum Gasteiger partial charge on any atom is -0.493 e. The summed E-state index contributed by atoms with van der Waals surface area (Å²) in [6.45, 7) is 4.70. The molecule has 2 rings (SSSR count). The summed E-state index contributed by atoms with van der Waals surface area (Å²) in [5, 5.41) is 3.14. The highest BCUT2D eigenvalue weighted by molar-refractivity contribution is 5.79. The molecule has 0 fully saturated rings. The fourth-order valence-corrected chi connectivity index (χ4v) is 2.17. The molecule has 3 N–H and O–H groups in total. The lowest BCUT2D eigenvalue weighted by molar-refractivity contribution is -0.135. The number of carbonyl (C=O) groups excluding carboxylic acids is 1. The SMILES string of the molecule is C=C1/C=C\C=C/CN/C=C\1CC(N)C(=O)Oc1ccccc1OC. The average Bonchev–Trinajstić information content (AvgIpc) is 2.68. The van der Waals surface area contributed by atoms with Gasteiger partial charge in [-0.3, -0.25) is 0 Å². The van der Waals surface area contributed by atoms with Crippen LogP contribution in [0.5, 0.6) is 11.5 Å². The molecular weight excluding hydrogens is 304 g/mol. The molecule has 24 heavy (non-hydrogen) atoms. The molecule has 1 aromatic rings. The largest absolute Gasteiger partial charge is 0.493 e. The molecule has 0 amide bonds. The Morgan fingerprint density at radius 2 is 2.08 bits per heavy atom. The lowest BCUT2D eigenvalue weighted by atomic mass is 10.0. The van der Waals surface area contributed by atoms with Gasteiger partial charge in [0.25, 0.3) is 0 Å². The van der Waals surface area contributed by atoms with Crippen molar-refractivity contribution < 1.29 is 14.3 Å². The summed E-state index contributed by atoms with van der Waals surface area (Å²) in [7, 11) is 1.52. The molecule has 0 saturated carbocycles. The van der Waals surface area contributed by atoms with E-state index in [1.807, 2.05) is 30.5 Å². The molecule has 1 aliphatic rings. The Balaban J connectivity index is 2.04. The molecule has 1 unspecified atom stereocenters. The first-order valence-corrected chi connectivity index (χ1v) is 7.67. The van der Waals surface area contributed by atoms with Crippen LogP contribution in [0.4, 0.5) is 0 Å². The number of nitrogens with two attached hydrogens (primary N) is 1. The fraction of sp³-hybridized carbons (Fsp3) is 0.211. The summed E-state index contributed by atoms with van der Waals surface area (Å²) in [5.74, 6) is 0.319. The van der Waals surface area contributed by atoms with Crippen LogP contribution in [-0.4, -0.2) is 25.7 Å². The highest BCUT2D eigenvalue weighted by Gasteiger charge is 2.20. The maximum atomic E-state index is 12.3. The molecule has 126 valence electrons. The Morgan fingerprint density at radius 1 is 1.33 bits per heavy atom. The summed E-state index contributed by atoms with van der Waals surface area (Å²) in [6, 6.07) is 6.15. The number of carbonyl (C=O) groups is 1. The van der Waals surface area contributed by atoms with E-state index < -0.39 is 12.0 Å². The number of ether oxygens (including phenoxy) is 2. The molecule has 0 aromatic heterocycles. The van der Waals surface area contributed by atoms with Gasteiger partial charge in [-0.25, -0.2) is 4.79 Å². The van der Waals surface area contributed by atoms with Gasteiger partial charge in [0.15, 0.2) is 11.5 Å².